The topological polar surface area (TPSA) is 76.1 Å². The maximum absolute atomic E-state index is 11.7. The number of thiophene rings is 1. The van der Waals surface area contributed by atoms with Crippen molar-refractivity contribution in [2.75, 3.05) is 6.54 Å². The molecule has 8 heteroatoms. The number of nitrogens with zero attached hydrogens (tertiary/aromatic N) is 1. The molecule has 0 spiro atoms. The standard InChI is InChI=1S/C12H11ClN2O3S2/c13-20(17,18)11-2-1-10(19-11)5-8-15-12(16)9-3-6-14-7-4-9/h1-4,6-7H,5,8H2,(H,15,16). The van der Waals surface area contributed by atoms with Crippen LogP contribution < -0.4 is 5.32 Å². The first-order valence-electron chi connectivity index (χ1n) is 5.68. The fourth-order valence-electron chi connectivity index (χ4n) is 1.53. The Hall–Kier alpha value is -1.44. The maximum Gasteiger partial charge on any atom is 0.270 e. The average molecular weight is 331 g/mol. The highest BCUT2D eigenvalue weighted by Gasteiger charge is 2.13. The fourth-order valence-corrected chi connectivity index (χ4v) is 3.65. The summed E-state index contributed by atoms with van der Waals surface area (Å²) in [4.78, 5) is 16.4. The van der Waals surface area contributed by atoms with Crippen molar-refractivity contribution >= 4 is 37.0 Å². The number of amides is 1. The average Bonchev–Trinajstić information content (AvgIpc) is 2.88. The van der Waals surface area contributed by atoms with Crippen LogP contribution in [-0.4, -0.2) is 25.9 Å². The molecule has 0 atom stereocenters. The molecule has 20 heavy (non-hydrogen) atoms. The molecule has 0 unspecified atom stereocenters. The summed E-state index contributed by atoms with van der Waals surface area (Å²) in [6.45, 7) is 0.420. The van der Waals surface area contributed by atoms with E-state index in [-0.39, 0.29) is 10.1 Å². The molecular formula is C12H11ClN2O3S2. The zero-order valence-corrected chi connectivity index (χ0v) is 12.6. The second kappa shape index (κ2) is 6.34. The summed E-state index contributed by atoms with van der Waals surface area (Å²) in [5.41, 5.74) is 0.537. The van der Waals surface area contributed by atoms with Gasteiger partial charge in [0.25, 0.3) is 15.0 Å². The lowest BCUT2D eigenvalue weighted by Crippen LogP contribution is -2.25. The van der Waals surface area contributed by atoms with E-state index >= 15 is 0 Å². The third-order valence-electron chi connectivity index (χ3n) is 2.48. The maximum atomic E-state index is 11.7. The highest BCUT2D eigenvalue weighted by atomic mass is 35.7. The molecule has 0 aliphatic carbocycles. The first kappa shape index (κ1) is 15.0. The molecule has 2 aromatic heterocycles. The number of halogens is 1. The molecule has 1 N–H and O–H groups in total. The van der Waals surface area contributed by atoms with Crippen molar-refractivity contribution in [3.8, 4) is 0 Å². The van der Waals surface area contributed by atoms with Crippen LogP contribution in [-0.2, 0) is 15.5 Å². The van der Waals surface area contributed by atoms with Crippen LogP contribution in [0.5, 0.6) is 0 Å². The quantitative estimate of drug-likeness (QED) is 0.851. The Labute approximate surface area is 125 Å². The van der Waals surface area contributed by atoms with Gasteiger partial charge in [-0.1, -0.05) is 0 Å². The predicted molar refractivity (Wildman–Crippen MR) is 77.6 cm³/mol. The molecule has 0 aliphatic heterocycles. The molecule has 2 rings (SSSR count). The van der Waals surface area contributed by atoms with E-state index in [0.717, 1.165) is 16.2 Å². The zero-order chi connectivity index (χ0) is 14.6. The molecule has 0 aromatic carbocycles. The lowest BCUT2D eigenvalue weighted by Gasteiger charge is -2.03. The van der Waals surface area contributed by atoms with Gasteiger partial charge in [0.15, 0.2) is 0 Å². The number of hydrogen-bond acceptors (Lipinski definition) is 5. The van der Waals surface area contributed by atoms with Gasteiger partial charge in [0, 0.05) is 40.1 Å². The number of aromatic nitrogens is 1. The van der Waals surface area contributed by atoms with Crippen molar-refractivity contribution in [1.82, 2.24) is 10.3 Å². The van der Waals surface area contributed by atoms with Gasteiger partial charge in [0.1, 0.15) is 4.21 Å². The number of nitrogens with one attached hydrogen (secondary N) is 1. The summed E-state index contributed by atoms with van der Waals surface area (Å²) in [6, 6.07) is 6.41. The van der Waals surface area contributed by atoms with Crippen LogP contribution in [0, 0.1) is 0 Å². The molecule has 2 heterocycles. The number of rotatable bonds is 5. The molecule has 106 valence electrons. The van der Waals surface area contributed by atoms with Crippen molar-refractivity contribution in [1.29, 1.82) is 0 Å². The van der Waals surface area contributed by atoms with E-state index in [9.17, 15) is 13.2 Å². The minimum atomic E-state index is -3.67. The lowest BCUT2D eigenvalue weighted by molar-refractivity contribution is 0.0954. The first-order chi connectivity index (χ1) is 9.47. The normalized spacial score (nSPS) is 11.2. The largest absolute Gasteiger partial charge is 0.352 e. The van der Waals surface area contributed by atoms with Crippen LogP contribution >= 0.6 is 22.0 Å². The Morgan fingerprint density at radius 3 is 2.55 bits per heavy atom. The van der Waals surface area contributed by atoms with E-state index in [1.165, 1.54) is 6.07 Å². The molecule has 5 nitrogen and oxygen atoms in total. The third kappa shape index (κ3) is 4.03. The predicted octanol–water partition coefficient (Wildman–Crippen LogP) is 2.04. The molecule has 0 radical (unpaired) electrons. The third-order valence-corrected chi connectivity index (χ3v) is 5.71. The highest BCUT2D eigenvalue weighted by molar-refractivity contribution is 8.15. The smallest absolute Gasteiger partial charge is 0.270 e. The van der Waals surface area contributed by atoms with Crippen LogP contribution in [0.25, 0.3) is 0 Å². The lowest BCUT2D eigenvalue weighted by atomic mass is 10.2. The van der Waals surface area contributed by atoms with Crippen LogP contribution in [0.3, 0.4) is 0 Å². The van der Waals surface area contributed by atoms with E-state index in [1.807, 2.05) is 0 Å². The van der Waals surface area contributed by atoms with Crippen LogP contribution in [0.15, 0.2) is 40.9 Å². The van der Waals surface area contributed by atoms with E-state index in [4.69, 9.17) is 10.7 Å². The summed E-state index contributed by atoms with van der Waals surface area (Å²) >= 11 is 1.11. The summed E-state index contributed by atoms with van der Waals surface area (Å²) in [6.07, 6.45) is 3.64. The minimum Gasteiger partial charge on any atom is -0.352 e. The Bertz CT molecular complexity index is 699. The van der Waals surface area contributed by atoms with Crippen molar-refractivity contribution < 1.29 is 13.2 Å². The second-order valence-corrected chi connectivity index (χ2v) is 7.86. The summed E-state index contributed by atoms with van der Waals surface area (Å²) < 4.78 is 22.3. The van der Waals surface area contributed by atoms with Gasteiger partial charge in [-0.15, -0.1) is 11.3 Å². The SMILES string of the molecule is O=C(NCCc1ccc(S(=O)(=O)Cl)s1)c1ccncc1. The van der Waals surface area contributed by atoms with Gasteiger partial charge in [0.2, 0.25) is 0 Å². The number of hydrogen-bond donors (Lipinski definition) is 1. The molecule has 0 aliphatic rings. The van der Waals surface area contributed by atoms with Crippen LogP contribution in [0.4, 0.5) is 0 Å². The van der Waals surface area contributed by atoms with Gasteiger partial charge < -0.3 is 5.32 Å². The van der Waals surface area contributed by atoms with Crippen LogP contribution in [0.1, 0.15) is 15.2 Å². The zero-order valence-electron chi connectivity index (χ0n) is 10.2. The van der Waals surface area contributed by atoms with E-state index < -0.39 is 9.05 Å². The van der Waals surface area contributed by atoms with Gasteiger partial charge in [-0.2, -0.15) is 0 Å². The Morgan fingerprint density at radius 2 is 1.95 bits per heavy atom. The van der Waals surface area contributed by atoms with Gasteiger partial charge in [0.05, 0.1) is 0 Å². The van der Waals surface area contributed by atoms with Crippen molar-refractivity contribution in [2.24, 2.45) is 0 Å². The van der Waals surface area contributed by atoms with Crippen molar-refractivity contribution in [2.45, 2.75) is 10.6 Å². The fraction of sp³-hybridized carbons (Fsp3) is 0.167. The van der Waals surface area contributed by atoms with E-state index in [2.05, 4.69) is 10.3 Å². The Morgan fingerprint density at radius 1 is 1.25 bits per heavy atom. The van der Waals surface area contributed by atoms with Crippen molar-refractivity contribution in [3.05, 3.63) is 47.1 Å². The summed E-state index contributed by atoms with van der Waals surface area (Å²) in [5, 5.41) is 2.75. The Kier molecular flexibility index (Phi) is 4.74. The first-order valence-corrected chi connectivity index (χ1v) is 8.81. The molecule has 0 bridgehead atoms. The number of carbonyl (C=O) groups is 1. The number of carbonyl (C=O) groups excluding carboxylic acids is 1. The number of pyridine rings is 1. The molecule has 2 aromatic rings. The molecule has 1 amide bonds. The minimum absolute atomic E-state index is 0.120. The van der Waals surface area contributed by atoms with E-state index in [0.29, 0.717) is 18.5 Å². The summed E-state index contributed by atoms with van der Waals surface area (Å²) in [7, 11) is 1.57. The van der Waals surface area contributed by atoms with Gasteiger partial charge in [-0.3, -0.25) is 9.78 Å². The monoisotopic (exact) mass is 330 g/mol. The molecule has 0 saturated heterocycles. The highest BCUT2D eigenvalue weighted by Crippen LogP contribution is 2.24. The van der Waals surface area contributed by atoms with Crippen LogP contribution in [0.2, 0.25) is 0 Å². The molecular weight excluding hydrogens is 320 g/mol. The van der Waals surface area contributed by atoms with Gasteiger partial charge in [-0.05, 0) is 30.7 Å². The van der Waals surface area contributed by atoms with Crippen molar-refractivity contribution in [3.63, 3.8) is 0 Å². The second-order valence-electron chi connectivity index (χ2n) is 3.90. The molecule has 0 saturated carbocycles. The van der Waals surface area contributed by atoms with E-state index in [1.54, 1.807) is 30.6 Å². The molecule has 0 fully saturated rings. The Balaban J connectivity index is 1.88. The van der Waals surface area contributed by atoms with Gasteiger partial charge >= 0.3 is 0 Å². The van der Waals surface area contributed by atoms with Gasteiger partial charge in [-0.25, -0.2) is 8.42 Å². The summed E-state index contributed by atoms with van der Waals surface area (Å²) in [5.74, 6) is -0.186.